The van der Waals surface area contributed by atoms with Crippen LogP contribution in [0.15, 0.2) is 18.2 Å². The Morgan fingerprint density at radius 2 is 1.92 bits per heavy atom. The lowest BCUT2D eigenvalue weighted by atomic mass is 10.1. The number of fused-ring (bicyclic) bond motifs is 1. The molecule has 0 radical (unpaired) electrons. The Kier molecular flexibility index (Phi) is 3.92. The number of benzene rings is 1. The van der Waals surface area contributed by atoms with E-state index in [1.807, 2.05) is 19.9 Å². The minimum Gasteiger partial charge on any atom is -0.397 e. The quantitative estimate of drug-likeness (QED) is 0.681. The first-order valence-corrected chi connectivity index (χ1v) is 7.72. The first-order chi connectivity index (χ1) is 11.3. The number of carbonyl (C=O) groups is 1. The van der Waals surface area contributed by atoms with Gasteiger partial charge in [-0.05, 0) is 37.6 Å². The minimum atomic E-state index is -1.65. The molecule has 0 saturated carbocycles. The molecular weight excluding hydrogens is 339 g/mol. The van der Waals surface area contributed by atoms with E-state index in [4.69, 9.17) is 5.73 Å². The van der Waals surface area contributed by atoms with Gasteiger partial charge in [-0.25, -0.2) is 18.2 Å². The van der Waals surface area contributed by atoms with E-state index < -0.39 is 29.0 Å². The molecule has 2 aromatic heterocycles. The van der Waals surface area contributed by atoms with Crippen LogP contribution in [0.1, 0.15) is 20.9 Å². The number of nitrogens with zero attached hydrogens (tertiary/aromatic N) is 1. The van der Waals surface area contributed by atoms with Gasteiger partial charge in [-0.1, -0.05) is 0 Å². The molecule has 0 fully saturated rings. The number of nitrogen functional groups attached to an aromatic ring is 1. The first kappa shape index (κ1) is 16.3. The van der Waals surface area contributed by atoms with Gasteiger partial charge >= 0.3 is 0 Å². The zero-order valence-electron chi connectivity index (χ0n) is 12.7. The van der Waals surface area contributed by atoms with E-state index in [2.05, 4.69) is 10.3 Å². The summed E-state index contributed by atoms with van der Waals surface area (Å²) in [7, 11) is 0. The Morgan fingerprint density at radius 3 is 2.62 bits per heavy atom. The van der Waals surface area contributed by atoms with E-state index in [1.165, 1.54) is 0 Å². The second-order valence-electron chi connectivity index (χ2n) is 5.28. The maximum absolute atomic E-state index is 13.7. The lowest BCUT2D eigenvalue weighted by Crippen LogP contribution is -2.14. The van der Waals surface area contributed by atoms with Gasteiger partial charge in [0.15, 0.2) is 17.5 Å². The van der Waals surface area contributed by atoms with E-state index in [-0.39, 0.29) is 10.6 Å². The number of halogens is 3. The number of aromatic nitrogens is 1. The third-order valence-electron chi connectivity index (χ3n) is 3.51. The maximum atomic E-state index is 13.7. The number of rotatable bonds is 2. The van der Waals surface area contributed by atoms with Gasteiger partial charge in [0.25, 0.3) is 5.91 Å². The standard InChI is InChI=1S/C16H12F3N3OS/c1-6-5-7(2)21-16-10(6)13(20)14(24-16)15(23)22-9-4-3-8(17)11(18)12(9)19/h3-5H,20H2,1-2H3,(H,22,23). The Balaban J connectivity index is 2.02. The molecule has 8 heteroatoms. The van der Waals surface area contributed by atoms with Crippen molar-refractivity contribution in [3.63, 3.8) is 0 Å². The highest BCUT2D eigenvalue weighted by Gasteiger charge is 2.21. The largest absolute Gasteiger partial charge is 0.397 e. The van der Waals surface area contributed by atoms with E-state index in [1.54, 1.807) is 0 Å². The molecule has 3 rings (SSSR count). The average Bonchev–Trinajstić information content (AvgIpc) is 2.84. The van der Waals surface area contributed by atoms with Gasteiger partial charge in [0.05, 0.1) is 11.4 Å². The molecule has 0 aliphatic heterocycles. The van der Waals surface area contributed by atoms with E-state index in [0.717, 1.165) is 34.7 Å². The van der Waals surface area contributed by atoms with Crippen molar-refractivity contribution >= 4 is 38.8 Å². The Hall–Kier alpha value is -2.61. The molecule has 2 heterocycles. The van der Waals surface area contributed by atoms with Crippen molar-refractivity contribution in [3.8, 4) is 0 Å². The summed E-state index contributed by atoms with van der Waals surface area (Å²) in [5.41, 5.74) is 7.42. The number of hydrogen-bond donors (Lipinski definition) is 2. The smallest absolute Gasteiger partial charge is 0.268 e. The second-order valence-corrected chi connectivity index (χ2v) is 6.28. The van der Waals surface area contributed by atoms with Gasteiger partial charge in [-0.3, -0.25) is 4.79 Å². The summed E-state index contributed by atoms with van der Waals surface area (Å²) in [6, 6.07) is 3.52. The minimum absolute atomic E-state index is 0.135. The Morgan fingerprint density at radius 1 is 1.21 bits per heavy atom. The fraction of sp³-hybridized carbons (Fsp3) is 0.125. The molecule has 0 spiro atoms. The number of hydrogen-bond acceptors (Lipinski definition) is 4. The van der Waals surface area contributed by atoms with Crippen LogP contribution < -0.4 is 11.1 Å². The van der Waals surface area contributed by atoms with E-state index in [9.17, 15) is 18.0 Å². The lowest BCUT2D eigenvalue weighted by molar-refractivity contribution is 0.103. The number of pyridine rings is 1. The van der Waals surface area contributed by atoms with Crippen LogP contribution in [0.4, 0.5) is 24.5 Å². The molecule has 0 aliphatic rings. The summed E-state index contributed by atoms with van der Waals surface area (Å²) in [6.45, 7) is 3.66. The number of aryl methyl sites for hydroxylation is 2. The predicted octanol–water partition coefficient (Wildman–Crippen LogP) is 4.16. The lowest BCUT2D eigenvalue weighted by Gasteiger charge is -2.06. The van der Waals surface area contributed by atoms with Crippen LogP contribution >= 0.6 is 11.3 Å². The molecule has 3 aromatic rings. The van der Waals surface area contributed by atoms with E-state index in [0.29, 0.717) is 10.2 Å². The predicted molar refractivity (Wildman–Crippen MR) is 87.8 cm³/mol. The van der Waals surface area contributed by atoms with Gasteiger partial charge < -0.3 is 11.1 Å². The van der Waals surface area contributed by atoms with Crippen LogP contribution in [0.2, 0.25) is 0 Å². The van der Waals surface area contributed by atoms with E-state index >= 15 is 0 Å². The van der Waals surface area contributed by atoms with Crippen molar-refractivity contribution in [1.29, 1.82) is 0 Å². The molecule has 1 aromatic carbocycles. The number of nitrogens with two attached hydrogens (primary N) is 1. The number of nitrogens with one attached hydrogen (secondary N) is 1. The van der Waals surface area contributed by atoms with Gasteiger partial charge in [-0.2, -0.15) is 0 Å². The highest BCUT2D eigenvalue weighted by Crippen LogP contribution is 2.35. The van der Waals surface area contributed by atoms with Gasteiger partial charge in [0, 0.05) is 11.1 Å². The SMILES string of the molecule is Cc1cc(C)c2c(N)c(C(=O)Nc3ccc(F)c(F)c3F)sc2n1. The summed E-state index contributed by atoms with van der Waals surface area (Å²) >= 11 is 1.05. The molecular formula is C16H12F3N3OS. The van der Waals surface area contributed by atoms with Crippen molar-refractivity contribution in [2.45, 2.75) is 13.8 Å². The highest BCUT2D eigenvalue weighted by atomic mass is 32.1. The molecule has 124 valence electrons. The maximum Gasteiger partial charge on any atom is 0.268 e. The molecule has 0 saturated heterocycles. The molecule has 24 heavy (non-hydrogen) atoms. The van der Waals surface area contributed by atoms with Crippen LogP contribution in [0, 0.1) is 31.3 Å². The van der Waals surface area contributed by atoms with Crippen molar-refractivity contribution in [3.05, 3.63) is 51.8 Å². The fourth-order valence-corrected chi connectivity index (χ4v) is 3.55. The summed E-state index contributed by atoms with van der Waals surface area (Å²) in [5.74, 6) is -5.15. The fourth-order valence-electron chi connectivity index (χ4n) is 2.44. The van der Waals surface area contributed by atoms with Crippen molar-refractivity contribution in [1.82, 2.24) is 4.98 Å². The third kappa shape index (κ3) is 2.58. The zero-order valence-corrected chi connectivity index (χ0v) is 13.5. The molecule has 0 unspecified atom stereocenters. The summed E-state index contributed by atoms with van der Waals surface area (Å²) in [5, 5.41) is 2.87. The normalized spacial score (nSPS) is 11.0. The molecule has 3 N–H and O–H groups in total. The first-order valence-electron chi connectivity index (χ1n) is 6.90. The molecule has 0 bridgehead atoms. The number of thiophene rings is 1. The van der Waals surface area contributed by atoms with Crippen molar-refractivity contribution < 1.29 is 18.0 Å². The summed E-state index contributed by atoms with van der Waals surface area (Å²) in [4.78, 5) is 17.4. The summed E-state index contributed by atoms with van der Waals surface area (Å²) in [6.07, 6.45) is 0. The molecule has 0 aliphatic carbocycles. The molecule has 0 atom stereocenters. The second kappa shape index (κ2) is 5.79. The average molecular weight is 351 g/mol. The van der Waals surface area contributed by atoms with Crippen LogP contribution in [0.5, 0.6) is 0 Å². The van der Waals surface area contributed by atoms with Crippen molar-refractivity contribution in [2.75, 3.05) is 11.1 Å². The van der Waals surface area contributed by atoms with Crippen LogP contribution in [-0.4, -0.2) is 10.9 Å². The van der Waals surface area contributed by atoms with Gasteiger partial charge in [-0.15, -0.1) is 11.3 Å². The molecule has 4 nitrogen and oxygen atoms in total. The van der Waals surface area contributed by atoms with Crippen LogP contribution in [-0.2, 0) is 0 Å². The van der Waals surface area contributed by atoms with Crippen LogP contribution in [0.3, 0.4) is 0 Å². The topological polar surface area (TPSA) is 68.0 Å². The van der Waals surface area contributed by atoms with Crippen molar-refractivity contribution in [2.24, 2.45) is 0 Å². The van der Waals surface area contributed by atoms with Gasteiger partial charge in [0.2, 0.25) is 0 Å². The number of anilines is 2. The zero-order chi connectivity index (χ0) is 17.6. The Bertz CT molecular complexity index is 985. The van der Waals surface area contributed by atoms with Gasteiger partial charge in [0.1, 0.15) is 9.71 Å². The highest BCUT2D eigenvalue weighted by molar-refractivity contribution is 7.21. The van der Waals surface area contributed by atoms with Crippen LogP contribution in [0.25, 0.3) is 10.2 Å². The summed E-state index contributed by atoms with van der Waals surface area (Å²) < 4.78 is 39.9. The number of carbonyl (C=O) groups excluding carboxylic acids is 1. The third-order valence-corrected chi connectivity index (χ3v) is 4.61. The number of amides is 1. The monoisotopic (exact) mass is 351 g/mol. The Labute approximate surface area is 139 Å². The molecule has 1 amide bonds.